The van der Waals surface area contributed by atoms with E-state index in [9.17, 15) is 9.59 Å². The first-order valence-electron chi connectivity index (χ1n) is 9.39. The summed E-state index contributed by atoms with van der Waals surface area (Å²) in [5, 5.41) is 5.62. The molecular formula is C22H16N4O3S2. The number of hydrogen-bond acceptors (Lipinski definition) is 7. The Morgan fingerprint density at radius 2 is 2.00 bits per heavy atom. The zero-order valence-corrected chi connectivity index (χ0v) is 18.0. The maximum atomic E-state index is 13.0. The van der Waals surface area contributed by atoms with Gasteiger partial charge in [-0.2, -0.15) is 0 Å². The standard InChI is InChI=1S/C22H16N4O3S2/c1-29-14-6-4-13(5-7-14)24-18(27)11-26-12-23-19-15-8-9-16(17-3-2-10-30-17)25-21(15)31-20(19)22(26)28/h2-10,12H,11H2,1H3,(H,24,27). The van der Waals surface area contributed by atoms with Crippen LogP contribution >= 0.6 is 22.7 Å². The van der Waals surface area contributed by atoms with E-state index in [4.69, 9.17) is 9.72 Å². The number of methoxy groups -OCH3 is 1. The van der Waals surface area contributed by atoms with Crippen LogP contribution in [0.2, 0.25) is 0 Å². The molecule has 9 heteroatoms. The van der Waals surface area contributed by atoms with Crippen molar-refractivity contribution in [3.8, 4) is 16.3 Å². The molecule has 0 bridgehead atoms. The van der Waals surface area contributed by atoms with Gasteiger partial charge < -0.3 is 10.1 Å². The molecule has 0 aliphatic carbocycles. The van der Waals surface area contributed by atoms with Crippen LogP contribution in [0, 0.1) is 0 Å². The van der Waals surface area contributed by atoms with Crippen molar-refractivity contribution in [3.05, 3.63) is 70.6 Å². The molecule has 7 nitrogen and oxygen atoms in total. The summed E-state index contributed by atoms with van der Waals surface area (Å²) in [6.07, 6.45) is 1.41. The third kappa shape index (κ3) is 3.69. The van der Waals surface area contributed by atoms with E-state index in [1.165, 1.54) is 22.2 Å². The molecular weight excluding hydrogens is 432 g/mol. The van der Waals surface area contributed by atoms with Crippen LogP contribution in [-0.2, 0) is 11.3 Å². The summed E-state index contributed by atoms with van der Waals surface area (Å²) in [5.74, 6) is 0.386. The number of hydrogen-bond donors (Lipinski definition) is 1. The minimum absolute atomic E-state index is 0.129. The first-order chi connectivity index (χ1) is 15.1. The number of amides is 1. The van der Waals surface area contributed by atoms with E-state index in [2.05, 4.69) is 10.3 Å². The molecule has 4 heterocycles. The number of aromatic nitrogens is 3. The number of carbonyl (C=O) groups excluding carboxylic acids is 1. The highest BCUT2D eigenvalue weighted by molar-refractivity contribution is 7.25. The molecule has 0 unspecified atom stereocenters. The second kappa shape index (κ2) is 7.93. The van der Waals surface area contributed by atoms with Crippen molar-refractivity contribution in [2.75, 3.05) is 12.4 Å². The van der Waals surface area contributed by atoms with Gasteiger partial charge in [-0.3, -0.25) is 14.2 Å². The summed E-state index contributed by atoms with van der Waals surface area (Å²) in [4.78, 5) is 36.4. The van der Waals surface area contributed by atoms with Gasteiger partial charge >= 0.3 is 0 Å². The fourth-order valence-electron chi connectivity index (χ4n) is 3.25. The summed E-state index contributed by atoms with van der Waals surface area (Å²) >= 11 is 2.92. The minimum Gasteiger partial charge on any atom is -0.497 e. The fraction of sp³-hybridized carbons (Fsp3) is 0.0909. The van der Waals surface area contributed by atoms with Crippen LogP contribution in [0.25, 0.3) is 31.0 Å². The Morgan fingerprint density at radius 3 is 2.74 bits per heavy atom. The average molecular weight is 449 g/mol. The topological polar surface area (TPSA) is 86.1 Å². The SMILES string of the molecule is COc1ccc(NC(=O)Cn2cnc3c(sc4nc(-c5cccs5)ccc43)c2=O)cc1. The highest BCUT2D eigenvalue weighted by Crippen LogP contribution is 2.32. The van der Waals surface area contributed by atoms with Gasteiger partial charge in [-0.1, -0.05) is 6.07 Å². The second-order valence-corrected chi connectivity index (χ2v) is 8.71. The highest BCUT2D eigenvalue weighted by Gasteiger charge is 2.15. The molecule has 0 radical (unpaired) electrons. The van der Waals surface area contributed by atoms with Gasteiger partial charge in [-0.15, -0.1) is 22.7 Å². The smallest absolute Gasteiger partial charge is 0.271 e. The summed E-state index contributed by atoms with van der Waals surface area (Å²) in [7, 11) is 1.58. The summed E-state index contributed by atoms with van der Waals surface area (Å²) in [6.45, 7) is -0.129. The van der Waals surface area contributed by atoms with Crippen molar-refractivity contribution in [2.24, 2.45) is 0 Å². The van der Waals surface area contributed by atoms with Crippen molar-refractivity contribution < 1.29 is 9.53 Å². The molecule has 5 aromatic rings. The number of anilines is 1. The Bertz CT molecular complexity index is 1450. The molecule has 5 rings (SSSR count). The first-order valence-corrected chi connectivity index (χ1v) is 11.1. The van der Waals surface area contributed by atoms with Crippen molar-refractivity contribution in [1.82, 2.24) is 14.5 Å². The Labute approximate surface area is 184 Å². The lowest BCUT2D eigenvalue weighted by Crippen LogP contribution is -2.27. The largest absolute Gasteiger partial charge is 0.497 e. The van der Waals surface area contributed by atoms with Gasteiger partial charge in [0, 0.05) is 11.1 Å². The Morgan fingerprint density at radius 1 is 1.16 bits per heavy atom. The van der Waals surface area contributed by atoms with Crippen LogP contribution in [0.5, 0.6) is 5.75 Å². The molecule has 154 valence electrons. The van der Waals surface area contributed by atoms with Crippen LogP contribution < -0.4 is 15.6 Å². The van der Waals surface area contributed by atoms with Crippen LogP contribution in [0.3, 0.4) is 0 Å². The maximum Gasteiger partial charge on any atom is 0.271 e. The average Bonchev–Trinajstić information content (AvgIpc) is 3.44. The predicted molar refractivity (Wildman–Crippen MR) is 124 cm³/mol. The predicted octanol–water partition coefficient (Wildman–Crippen LogP) is 4.38. The molecule has 0 fully saturated rings. The normalized spacial score (nSPS) is 11.1. The third-order valence-electron chi connectivity index (χ3n) is 4.77. The first kappa shape index (κ1) is 19.4. The van der Waals surface area contributed by atoms with Gasteiger partial charge in [0.1, 0.15) is 21.8 Å². The molecule has 31 heavy (non-hydrogen) atoms. The minimum atomic E-state index is -0.312. The number of rotatable bonds is 5. The zero-order valence-electron chi connectivity index (χ0n) is 16.4. The lowest BCUT2D eigenvalue weighted by atomic mass is 10.2. The molecule has 0 saturated carbocycles. The second-order valence-electron chi connectivity index (χ2n) is 6.76. The number of pyridine rings is 1. The van der Waals surface area contributed by atoms with Gasteiger partial charge in [0.25, 0.3) is 5.56 Å². The number of thiophene rings is 2. The van der Waals surface area contributed by atoms with E-state index < -0.39 is 0 Å². The van der Waals surface area contributed by atoms with Gasteiger partial charge in [0.05, 0.1) is 29.5 Å². The van der Waals surface area contributed by atoms with Gasteiger partial charge in [-0.05, 0) is 47.8 Å². The van der Waals surface area contributed by atoms with E-state index in [0.717, 1.165) is 20.8 Å². The molecule has 0 spiro atoms. The molecule has 0 aliphatic heterocycles. The lowest BCUT2D eigenvalue weighted by Gasteiger charge is -2.08. The number of nitrogens with one attached hydrogen (secondary N) is 1. The number of nitrogens with zero attached hydrogens (tertiary/aromatic N) is 3. The molecule has 0 atom stereocenters. The van der Waals surface area contributed by atoms with E-state index in [0.29, 0.717) is 21.7 Å². The monoisotopic (exact) mass is 448 g/mol. The zero-order chi connectivity index (χ0) is 21.4. The van der Waals surface area contributed by atoms with Crippen LogP contribution in [0.1, 0.15) is 0 Å². The fourth-order valence-corrected chi connectivity index (χ4v) is 5.02. The van der Waals surface area contributed by atoms with Crippen molar-refractivity contribution in [3.63, 3.8) is 0 Å². The molecule has 1 amide bonds. The van der Waals surface area contributed by atoms with E-state index in [1.807, 2.05) is 29.6 Å². The summed E-state index contributed by atoms with van der Waals surface area (Å²) < 4.78 is 6.92. The van der Waals surface area contributed by atoms with Crippen LogP contribution in [0.15, 0.2) is 65.0 Å². The van der Waals surface area contributed by atoms with E-state index in [-0.39, 0.29) is 18.0 Å². The Kier molecular flexibility index (Phi) is 4.97. The third-order valence-corrected chi connectivity index (χ3v) is 6.74. The number of fused-ring (bicyclic) bond motifs is 3. The van der Waals surface area contributed by atoms with E-state index >= 15 is 0 Å². The van der Waals surface area contributed by atoms with Gasteiger partial charge in [0.15, 0.2) is 0 Å². The number of benzene rings is 1. The van der Waals surface area contributed by atoms with Crippen LogP contribution in [0.4, 0.5) is 5.69 Å². The van der Waals surface area contributed by atoms with Gasteiger partial charge in [-0.25, -0.2) is 9.97 Å². The van der Waals surface area contributed by atoms with E-state index in [1.54, 1.807) is 42.7 Å². The van der Waals surface area contributed by atoms with Crippen molar-refractivity contribution in [2.45, 2.75) is 6.54 Å². The number of ether oxygens (including phenoxy) is 1. The number of carbonyl (C=O) groups is 1. The Hall–Kier alpha value is -3.56. The van der Waals surface area contributed by atoms with Crippen LogP contribution in [-0.4, -0.2) is 27.6 Å². The van der Waals surface area contributed by atoms with Crippen molar-refractivity contribution in [1.29, 1.82) is 0 Å². The quantitative estimate of drug-likeness (QED) is 0.431. The Balaban J connectivity index is 1.44. The molecule has 4 aromatic heterocycles. The molecule has 0 saturated heterocycles. The summed E-state index contributed by atoms with van der Waals surface area (Å²) in [5.41, 5.74) is 1.85. The summed E-state index contributed by atoms with van der Waals surface area (Å²) in [6, 6.07) is 14.9. The molecule has 1 aromatic carbocycles. The molecule has 1 N–H and O–H groups in total. The molecule has 0 aliphatic rings. The van der Waals surface area contributed by atoms with Crippen molar-refractivity contribution >= 4 is 54.7 Å². The lowest BCUT2D eigenvalue weighted by molar-refractivity contribution is -0.116. The maximum absolute atomic E-state index is 13.0. The highest BCUT2D eigenvalue weighted by atomic mass is 32.1. The van der Waals surface area contributed by atoms with Gasteiger partial charge in [0.2, 0.25) is 5.91 Å².